The van der Waals surface area contributed by atoms with Crippen molar-refractivity contribution in [3.63, 3.8) is 0 Å². The van der Waals surface area contributed by atoms with Gasteiger partial charge in [0.25, 0.3) is 0 Å². The van der Waals surface area contributed by atoms with Gasteiger partial charge in [-0.2, -0.15) is 0 Å². The van der Waals surface area contributed by atoms with Gasteiger partial charge in [-0.25, -0.2) is 4.79 Å². The molecule has 7 heteroatoms. The van der Waals surface area contributed by atoms with E-state index in [1.165, 1.54) is 12.8 Å². The van der Waals surface area contributed by atoms with Gasteiger partial charge in [-0.15, -0.1) is 0 Å². The number of nitrogens with one attached hydrogen (secondary N) is 2. The number of ether oxygens (including phenoxy) is 1. The first-order valence-electron chi connectivity index (χ1n) is 10.4. The van der Waals surface area contributed by atoms with Gasteiger partial charge in [-0.3, -0.25) is 9.59 Å². The molecule has 0 aromatic rings. The molecule has 1 saturated heterocycles. The lowest BCUT2D eigenvalue weighted by molar-refractivity contribution is -0.142. The molecule has 2 N–H and O–H groups in total. The van der Waals surface area contributed by atoms with E-state index in [1.807, 2.05) is 0 Å². The second-order valence-corrected chi connectivity index (χ2v) is 8.22. The van der Waals surface area contributed by atoms with Crippen LogP contribution < -0.4 is 10.6 Å². The summed E-state index contributed by atoms with van der Waals surface area (Å²) in [5.41, 5.74) is -1.11. The molecule has 0 atom stereocenters. The topological polar surface area (TPSA) is 87.7 Å². The smallest absolute Gasteiger partial charge is 0.409 e. The maximum atomic E-state index is 12.7. The van der Waals surface area contributed by atoms with E-state index >= 15 is 0 Å². The Bertz CT molecular complexity index is 519. The Kier molecular flexibility index (Phi) is 7.92. The van der Waals surface area contributed by atoms with Crippen molar-refractivity contribution in [3.05, 3.63) is 0 Å². The standard InChI is InChI=1S/C20H35N3O4/c1-4-27-19(26)23-13-11-16(12-14-23)22-18(25)20(2,3)17(24)21-15-9-7-5-6-8-10-15/h15-16H,4-14H2,1-3H3,(H,21,24)(H,22,25). The predicted octanol–water partition coefficient (Wildman–Crippen LogP) is 2.59. The van der Waals surface area contributed by atoms with E-state index < -0.39 is 5.41 Å². The first-order chi connectivity index (χ1) is 12.8. The molecule has 0 spiro atoms. The Morgan fingerprint density at radius 1 is 0.889 bits per heavy atom. The fourth-order valence-corrected chi connectivity index (χ4v) is 3.68. The van der Waals surface area contributed by atoms with Crippen LogP contribution in [0.15, 0.2) is 0 Å². The van der Waals surface area contributed by atoms with Gasteiger partial charge in [0.2, 0.25) is 11.8 Å². The molecule has 0 bridgehead atoms. The van der Waals surface area contributed by atoms with Crippen molar-refractivity contribution >= 4 is 17.9 Å². The van der Waals surface area contributed by atoms with Gasteiger partial charge in [-0.05, 0) is 46.5 Å². The highest BCUT2D eigenvalue weighted by molar-refractivity contribution is 6.04. The summed E-state index contributed by atoms with van der Waals surface area (Å²) in [6.45, 7) is 6.62. The second-order valence-electron chi connectivity index (χ2n) is 8.22. The van der Waals surface area contributed by atoms with Gasteiger partial charge in [0.15, 0.2) is 0 Å². The summed E-state index contributed by atoms with van der Waals surface area (Å²) in [6.07, 6.45) is 7.75. The molecular weight excluding hydrogens is 346 g/mol. The number of amides is 3. The first kappa shape index (κ1) is 21.5. The average Bonchev–Trinajstić information content (AvgIpc) is 2.91. The molecule has 154 valence electrons. The number of hydrogen-bond donors (Lipinski definition) is 2. The highest BCUT2D eigenvalue weighted by Crippen LogP contribution is 2.22. The number of likely N-dealkylation sites (tertiary alicyclic amines) is 1. The normalized spacial score (nSPS) is 19.9. The van der Waals surface area contributed by atoms with E-state index in [0.717, 1.165) is 25.7 Å². The van der Waals surface area contributed by atoms with Crippen LogP contribution in [0.3, 0.4) is 0 Å². The summed E-state index contributed by atoms with van der Waals surface area (Å²) in [5.74, 6) is -0.445. The van der Waals surface area contributed by atoms with Gasteiger partial charge in [0.05, 0.1) is 6.61 Å². The molecule has 27 heavy (non-hydrogen) atoms. The number of carbonyl (C=O) groups is 3. The number of carbonyl (C=O) groups excluding carboxylic acids is 3. The zero-order valence-electron chi connectivity index (χ0n) is 17.0. The van der Waals surface area contributed by atoms with Crippen molar-refractivity contribution < 1.29 is 19.1 Å². The highest BCUT2D eigenvalue weighted by atomic mass is 16.6. The maximum Gasteiger partial charge on any atom is 0.409 e. The Balaban J connectivity index is 1.81. The molecule has 2 rings (SSSR count). The van der Waals surface area contributed by atoms with Crippen LogP contribution in [0, 0.1) is 5.41 Å². The van der Waals surface area contributed by atoms with Crippen LogP contribution in [0.2, 0.25) is 0 Å². The monoisotopic (exact) mass is 381 g/mol. The van der Waals surface area contributed by atoms with Gasteiger partial charge in [0, 0.05) is 25.2 Å². The molecule has 7 nitrogen and oxygen atoms in total. The van der Waals surface area contributed by atoms with Crippen molar-refractivity contribution in [2.75, 3.05) is 19.7 Å². The summed E-state index contributed by atoms with van der Waals surface area (Å²) in [7, 11) is 0. The molecule has 0 radical (unpaired) electrons. The molecule has 1 aliphatic heterocycles. The van der Waals surface area contributed by atoms with Gasteiger partial charge in [-0.1, -0.05) is 25.7 Å². The molecule has 0 aromatic carbocycles. The van der Waals surface area contributed by atoms with Crippen LogP contribution in [0.1, 0.15) is 72.1 Å². The van der Waals surface area contributed by atoms with E-state index in [-0.39, 0.29) is 30.0 Å². The quantitative estimate of drug-likeness (QED) is 0.566. The van der Waals surface area contributed by atoms with Crippen LogP contribution in [0.5, 0.6) is 0 Å². The minimum absolute atomic E-state index is 0.0202. The Morgan fingerprint density at radius 3 is 1.85 bits per heavy atom. The van der Waals surface area contributed by atoms with Crippen LogP contribution in [-0.4, -0.2) is 54.6 Å². The third-order valence-electron chi connectivity index (χ3n) is 5.68. The van der Waals surface area contributed by atoms with Gasteiger partial charge >= 0.3 is 6.09 Å². The molecule has 0 aromatic heterocycles. The zero-order valence-corrected chi connectivity index (χ0v) is 17.0. The summed E-state index contributed by atoms with van der Waals surface area (Å²) in [5, 5.41) is 6.09. The average molecular weight is 382 g/mol. The summed E-state index contributed by atoms with van der Waals surface area (Å²) >= 11 is 0. The molecule has 1 saturated carbocycles. The van der Waals surface area contributed by atoms with Crippen molar-refractivity contribution in [1.82, 2.24) is 15.5 Å². The first-order valence-corrected chi connectivity index (χ1v) is 10.4. The largest absolute Gasteiger partial charge is 0.450 e. The maximum absolute atomic E-state index is 12.7. The molecular formula is C20H35N3O4. The Morgan fingerprint density at radius 2 is 1.37 bits per heavy atom. The third kappa shape index (κ3) is 6.11. The Hall–Kier alpha value is -1.79. The minimum atomic E-state index is -1.11. The lowest BCUT2D eigenvalue weighted by Gasteiger charge is -2.33. The fraction of sp³-hybridized carbons (Fsp3) is 0.850. The molecule has 0 unspecified atom stereocenters. The van der Waals surface area contributed by atoms with Crippen LogP contribution >= 0.6 is 0 Å². The fourth-order valence-electron chi connectivity index (χ4n) is 3.68. The van der Waals surface area contributed by atoms with Crippen molar-refractivity contribution in [2.45, 2.75) is 84.2 Å². The van der Waals surface area contributed by atoms with E-state index in [0.29, 0.717) is 32.5 Å². The Labute approximate surface area is 162 Å². The van der Waals surface area contributed by atoms with E-state index in [1.54, 1.807) is 25.7 Å². The van der Waals surface area contributed by atoms with Crippen molar-refractivity contribution in [2.24, 2.45) is 5.41 Å². The van der Waals surface area contributed by atoms with Crippen LogP contribution in [-0.2, 0) is 14.3 Å². The molecule has 1 heterocycles. The number of piperidine rings is 1. The molecule has 3 amide bonds. The molecule has 2 aliphatic rings. The van der Waals surface area contributed by atoms with E-state index in [2.05, 4.69) is 10.6 Å². The lowest BCUT2D eigenvalue weighted by Crippen LogP contribution is -2.54. The second kappa shape index (κ2) is 9.95. The number of hydrogen-bond acceptors (Lipinski definition) is 4. The summed E-state index contributed by atoms with van der Waals surface area (Å²) < 4.78 is 5.01. The van der Waals surface area contributed by atoms with Crippen LogP contribution in [0.4, 0.5) is 4.79 Å². The number of rotatable bonds is 5. The van der Waals surface area contributed by atoms with Crippen molar-refractivity contribution in [1.29, 1.82) is 0 Å². The lowest BCUT2D eigenvalue weighted by atomic mass is 9.89. The summed E-state index contributed by atoms with van der Waals surface area (Å²) in [6, 6.07) is 0.160. The highest BCUT2D eigenvalue weighted by Gasteiger charge is 2.38. The zero-order chi connectivity index (χ0) is 19.9. The van der Waals surface area contributed by atoms with Gasteiger partial charge in [0.1, 0.15) is 5.41 Å². The van der Waals surface area contributed by atoms with Crippen LogP contribution in [0.25, 0.3) is 0 Å². The number of nitrogens with zero attached hydrogens (tertiary/aromatic N) is 1. The molecule has 1 aliphatic carbocycles. The van der Waals surface area contributed by atoms with Gasteiger partial charge < -0.3 is 20.3 Å². The van der Waals surface area contributed by atoms with E-state index in [9.17, 15) is 14.4 Å². The minimum Gasteiger partial charge on any atom is -0.450 e. The predicted molar refractivity (Wildman–Crippen MR) is 103 cm³/mol. The third-order valence-corrected chi connectivity index (χ3v) is 5.68. The molecule has 2 fully saturated rings. The SMILES string of the molecule is CCOC(=O)N1CCC(NC(=O)C(C)(C)C(=O)NC2CCCCCC2)CC1. The summed E-state index contributed by atoms with van der Waals surface area (Å²) in [4.78, 5) is 38.8. The van der Waals surface area contributed by atoms with Crippen molar-refractivity contribution in [3.8, 4) is 0 Å². The van der Waals surface area contributed by atoms with E-state index in [4.69, 9.17) is 4.74 Å².